The summed E-state index contributed by atoms with van der Waals surface area (Å²) in [5, 5.41) is 3.06. The van der Waals surface area contributed by atoms with Gasteiger partial charge in [0.05, 0.1) is 24.3 Å². The molecule has 0 fully saturated rings. The fraction of sp³-hybridized carbons (Fsp3) is 0.409. The molecule has 1 heterocycles. The van der Waals surface area contributed by atoms with Gasteiger partial charge in [-0.25, -0.2) is 9.18 Å². The normalized spacial score (nSPS) is 23.7. The second kappa shape index (κ2) is 8.60. The average Bonchev–Trinajstić information content (AvgIpc) is 2.68. The lowest BCUT2D eigenvalue weighted by Gasteiger charge is -2.38. The molecule has 0 saturated heterocycles. The lowest BCUT2D eigenvalue weighted by Crippen LogP contribution is -2.43. The summed E-state index contributed by atoms with van der Waals surface area (Å²) in [5.74, 6) is -4.55. The first-order chi connectivity index (χ1) is 14.2. The van der Waals surface area contributed by atoms with Crippen LogP contribution >= 0.6 is 11.6 Å². The van der Waals surface area contributed by atoms with Crippen LogP contribution in [0.2, 0.25) is 5.02 Å². The van der Waals surface area contributed by atoms with Crippen molar-refractivity contribution in [3.63, 3.8) is 0 Å². The van der Waals surface area contributed by atoms with Crippen molar-refractivity contribution >= 4 is 29.3 Å². The number of Topliss-reactive ketones (excluding diaryl/α,β-unsaturated/α-hetero) is 1. The van der Waals surface area contributed by atoms with Gasteiger partial charge in [0.25, 0.3) is 0 Å². The minimum Gasteiger partial charge on any atom is -0.468 e. The van der Waals surface area contributed by atoms with Crippen molar-refractivity contribution in [1.29, 1.82) is 0 Å². The highest BCUT2D eigenvalue weighted by atomic mass is 35.5. The molecule has 0 amide bonds. The summed E-state index contributed by atoms with van der Waals surface area (Å²) in [6.45, 7) is 5.31. The van der Waals surface area contributed by atoms with Crippen LogP contribution in [0.4, 0.5) is 4.39 Å². The molecule has 30 heavy (non-hydrogen) atoms. The number of ether oxygens (including phenoxy) is 2. The van der Waals surface area contributed by atoms with Gasteiger partial charge in [-0.3, -0.25) is 9.59 Å². The highest BCUT2D eigenvalue weighted by molar-refractivity contribution is 6.30. The molecular formula is C22H23ClFNO5. The molecule has 1 aromatic carbocycles. The maximum Gasteiger partial charge on any atom is 0.336 e. The first-order valence-corrected chi connectivity index (χ1v) is 10.0. The first-order valence-electron chi connectivity index (χ1n) is 9.66. The number of methoxy groups -OCH3 is 1. The predicted molar refractivity (Wildman–Crippen MR) is 108 cm³/mol. The highest BCUT2D eigenvalue weighted by Crippen LogP contribution is 2.45. The quantitative estimate of drug-likeness (QED) is 0.574. The Morgan fingerprint density at radius 1 is 1.33 bits per heavy atom. The van der Waals surface area contributed by atoms with Crippen LogP contribution in [-0.2, 0) is 23.9 Å². The number of nitrogens with one attached hydrogen (secondary N) is 1. The standard InChI is InChI=1S/C22H23ClFNO5/c1-5-30-22(28)17-11(3)25-15-8-10(2)16(21(27)29-4)20(26)19(15)18(17)12-6-7-13(23)14(24)9-12/h6-7,9-10,16,18,25H,5,8H2,1-4H3/t10-,16+,18-/m1/s1. The molecule has 160 valence electrons. The monoisotopic (exact) mass is 435 g/mol. The summed E-state index contributed by atoms with van der Waals surface area (Å²) >= 11 is 5.83. The zero-order chi connectivity index (χ0) is 22.2. The summed E-state index contributed by atoms with van der Waals surface area (Å²) in [4.78, 5) is 38.6. The maximum atomic E-state index is 14.3. The third-order valence-electron chi connectivity index (χ3n) is 5.52. The minimum absolute atomic E-state index is 0.0729. The highest BCUT2D eigenvalue weighted by Gasteiger charge is 2.47. The third-order valence-corrected chi connectivity index (χ3v) is 5.82. The van der Waals surface area contributed by atoms with Crippen LogP contribution in [-0.4, -0.2) is 31.4 Å². The Morgan fingerprint density at radius 3 is 2.63 bits per heavy atom. The topological polar surface area (TPSA) is 81.7 Å². The number of halogens is 2. The molecular weight excluding hydrogens is 413 g/mol. The molecule has 0 aromatic heterocycles. The lowest BCUT2D eigenvalue weighted by atomic mass is 9.69. The van der Waals surface area contributed by atoms with E-state index in [0.29, 0.717) is 23.4 Å². The Bertz CT molecular complexity index is 984. The largest absolute Gasteiger partial charge is 0.468 e. The number of allylic oxidation sites excluding steroid dienone is 3. The maximum absolute atomic E-state index is 14.3. The van der Waals surface area contributed by atoms with Crippen molar-refractivity contribution in [3.8, 4) is 0 Å². The molecule has 0 spiro atoms. The first kappa shape index (κ1) is 22.0. The molecule has 6 nitrogen and oxygen atoms in total. The molecule has 8 heteroatoms. The van der Waals surface area contributed by atoms with E-state index in [1.165, 1.54) is 19.2 Å². The number of rotatable bonds is 4. The number of dihydropyridines is 1. The number of ketones is 1. The van der Waals surface area contributed by atoms with Gasteiger partial charge in [-0.15, -0.1) is 0 Å². The van der Waals surface area contributed by atoms with Crippen LogP contribution in [0.3, 0.4) is 0 Å². The summed E-state index contributed by atoms with van der Waals surface area (Å²) in [7, 11) is 1.23. The van der Waals surface area contributed by atoms with E-state index in [4.69, 9.17) is 21.1 Å². The molecule has 0 bridgehead atoms. The van der Waals surface area contributed by atoms with Crippen LogP contribution in [0, 0.1) is 17.7 Å². The molecule has 1 N–H and O–H groups in total. The third kappa shape index (κ3) is 3.74. The van der Waals surface area contributed by atoms with Gasteiger partial charge in [0.15, 0.2) is 5.78 Å². The summed E-state index contributed by atoms with van der Waals surface area (Å²) in [6, 6.07) is 4.14. The second-order valence-electron chi connectivity index (χ2n) is 7.43. The zero-order valence-corrected chi connectivity index (χ0v) is 17.9. The van der Waals surface area contributed by atoms with Crippen LogP contribution in [0.5, 0.6) is 0 Å². The molecule has 2 aliphatic rings. The zero-order valence-electron chi connectivity index (χ0n) is 17.2. The predicted octanol–water partition coefficient (Wildman–Crippen LogP) is 3.66. The molecule has 0 unspecified atom stereocenters. The van der Waals surface area contributed by atoms with E-state index in [-0.39, 0.29) is 28.7 Å². The average molecular weight is 436 g/mol. The Hall–Kier alpha value is -2.67. The van der Waals surface area contributed by atoms with Gasteiger partial charge in [-0.05, 0) is 43.9 Å². The van der Waals surface area contributed by atoms with Crippen LogP contribution in [0.15, 0.2) is 40.7 Å². The van der Waals surface area contributed by atoms with Crippen molar-refractivity contribution in [2.75, 3.05) is 13.7 Å². The van der Waals surface area contributed by atoms with Crippen LogP contribution in [0.1, 0.15) is 38.7 Å². The number of hydrogen-bond acceptors (Lipinski definition) is 6. The van der Waals surface area contributed by atoms with Crippen LogP contribution < -0.4 is 5.32 Å². The number of carbonyl (C=O) groups is 3. The Kier molecular flexibility index (Phi) is 6.31. The smallest absolute Gasteiger partial charge is 0.336 e. The van der Waals surface area contributed by atoms with Gasteiger partial charge in [0.2, 0.25) is 0 Å². The van der Waals surface area contributed by atoms with Crippen LogP contribution in [0.25, 0.3) is 0 Å². The Balaban J connectivity index is 2.21. The molecule has 0 saturated carbocycles. The summed E-state index contributed by atoms with van der Waals surface area (Å²) in [5.41, 5.74) is 1.95. The van der Waals surface area contributed by atoms with Gasteiger partial charge >= 0.3 is 11.9 Å². The molecule has 0 radical (unpaired) electrons. The SMILES string of the molecule is CCOC(=O)C1=C(C)NC2=C(C(=O)[C@@H](C(=O)OC)[C@H](C)C2)[C@@H]1c1ccc(Cl)c(F)c1. The van der Waals surface area contributed by atoms with Gasteiger partial charge < -0.3 is 14.8 Å². The lowest BCUT2D eigenvalue weighted by molar-refractivity contribution is -0.151. The van der Waals surface area contributed by atoms with Crippen molar-refractivity contribution in [2.24, 2.45) is 11.8 Å². The van der Waals surface area contributed by atoms with Gasteiger partial charge in [-0.2, -0.15) is 0 Å². The van der Waals surface area contributed by atoms with E-state index < -0.39 is 35.4 Å². The fourth-order valence-corrected chi connectivity index (χ4v) is 4.30. The van der Waals surface area contributed by atoms with E-state index in [0.717, 1.165) is 0 Å². The fourth-order valence-electron chi connectivity index (χ4n) is 4.19. The van der Waals surface area contributed by atoms with E-state index in [1.807, 2.05) is 0 Å². The van der Waals surface area contributed by atoms with E-state index in [1.54, 1.807) is 26.8 Å². The molecule has 1 aliphatic carbocycles. The Labute approximate surface area is 179 Å². The second-order valence-corrected chi connectivity index (χ2v) is 7.84. The van der Waals surface area contributed by atoms with Crippen molar-refractivity contribution in [3.05, 3.63) is 57.1 Å². The van der Waals surface area contributed by atoms with E-state index in [9.17, 15) is 18.8 Å². The minimum atomic E-state index is -1.00. The number of benzene rings is 1. The molecule has 3 rings (SSSR count). The number of esters is 2. The molecule has 1 aliphatic heterocycles. The number of hydrogen-bond donors (Lipinski definition) is 1. The van der Waals surface area contributed by atoms with Crippen molar-refractivity contribution in [1.82, 2.24) is 5.32 Å². The van der Waals surface area contributed by atoms with E-state index >= 15 is 0 Å². The molecule has 1 aromatic rings. The molecule has 3 atom stereocenters. The van der Waals surface area contributed by atoms with Crippen molar-refractivity contribution < 1.29 is 28.2 Å². The van der Waals surface area contributed by atoms with Gasteiger partial charge in [-0.1, -0.05) is 24.6 Å². The number of carbonyl (C=O) groups excluding carboxylic acids is 3. The van der Waals surface area contributed by atoms with Crippen molar-refractivity contribution in [2.45, 2.75) is 33.1 Å². The van der Waals surface area contributed by atoms with Gasteiger partial charge in [0.1, 0.15) is 11.7 Å². The Morgan fingerprint density at radius 2 is 2.03 bits per heavy atom. The summed E-state index contributed by atoms with van der Waals surface area (Å²) in [6.07, 6.45) is 0.404. The van der Waals surface area contributed by atoms with E-state index in [2.05, 4.69) is 5.32 Å². The van der Waals surface area contributed by atoms with Gasteiger partial charge in [0, 0.05) is 22.9 Å². The summed E-state index contributed by atoms with van der Waals surface area (Å²) < 4.78 is 24.3.